The fourth-order valence-corrected chi connectivity index (χ4v) is 4.94. The molecule has 2 aromatic rings. The third kappa shape index (κ3) is 5.53. The summed E-state index contributed by atoms with van der Waals surface area (Å²) in [6, 6.07) is 11.6. The van der Waals surface area contributed by atoms with Crippen molar-refractivity contribution in [2.24, 2.45) is 5.92 Å². The Morgan fingerprint density at radius 3 is 2.24 bits per heavy atom. The molecule has 0 saturated carbocycles. The lowest BCUT2D eigenvalue weighted by molar-refractivity contribution is -0.143. The number of benzene rings is 2. The Morgan fingerprint density at radius 1 is 0.939 bits per heavy atom. The van der Waals surface area contributed by atoms with Gasteiger partial charge in [-0.2, -0.15) is 26.3 Å². The van der Waals surface area contributed by atoms with Gasteiger partial charge in [-0.05, 0) is 61.1 Å². The molecule has 2 aliphatic heterocycles. The van der Waals surface area contributed by atoms with Crippen LogP contribution in [0.1, 0.15) is 41.5 Å². The van der Waals surface area contributed by atoms with Gasteiger partial charge in [-0.1, -0.05) is 30.3 Å². The summed E-state index contributed by atoms with van der Waals surface area (Å²) < 4.78 is 84.8. The van der Waals surface area contributed by atoms with E-state index in [4.69, 9.17) is 4.74 Å². The van der Waals surface area contributed by atoms with Crippen molar-refractivity contribution in [2.45, 2.75) is 49.8 Å². The van der Waals surface area contributed by atoms with Gasteiger partial charge in [0.15, 0.2) is 0 Å². The zero-order chi connectivity index (χ0) is 23.7. The molecule has 0 bridgehead atoms. The highest BCUT2D eigenvalue weighted by Crippen LogP contribution is 2.39. The quantitative estimate of drug-likeness (QED) is 0.564. The maximum absolute atomic E-state index is 13.2. The maximum atomic E-state index is 13.2. The highest BCUT2D eigenvalue weighted by molar-refractivity contribution is 5.33. The van der Waals surface area contributed by atoms with E-state index in [2.05, 4.69) is 10.6 Å². The molecule has 9 heteroatoms. The summed E-state index contributed by atoms with van der Waals surface area (Å²) >= 11 is 0. The molecule has 0 amide bonds. The van der Waals surface area contributed by atoms with Crippen LogP contribution in [-0.4, -0.2) is 25.7 Å². The largest absolute Gasteiger partial charge is 0.416 e. The molecule has 2 aromatic carbocycles. The normalized spacial score (nSPS) is 26.1. The molecule has 2 fully saturated rings. The van der Waals surface area contributed by atoms with Gasteiger partial charge in [-0.25, -0.2) is 0 Å². The Bertz CT molecular complexity index is 914. The van der Waals surface area contributed by atoms with Crippen LogP contribution in [0, 0.1) is 5.92 Å². The molecule has 2 heterocycles. The predicted molar refractivity (Wildman–Crippen MR) is 111 cm³/mol. The summed E-state index contributed by atoms with van der Waals surface area (Å²) in [4.78, 5) is 0. The van der Waals surface area contributed by atoms with Gasteiger partial charge in [0, 0.05) is 12.6 Å². The fraction of sp³-hybridized carbons (Fsp3) is 0.500. The average molecular weight is 472 g/mol. The molecule has 2 saturated heterocycles. The molecular formula is C24H26F6N2O. The molecule has 4 rings (SSSR count). The monoisotopic (exact) mass is 472 g/mol. The van der Waals surface area contributed by atoms with Crippen LogP contribution in [0.15, 0.2) is 48.5 Å². The lowest BCUT2D eigenvalue weighted by atomic mass is 9.73. The second kappa shape index (κ2) is 9.27. The zero-order valence-electron chi connectivity index (χ0n) is 17.9. The van der Waals surface area contributed by atoms with Gasteiger partial charge in [0.1, 0.15) is 0 Å². The van der Waals surface area contributed by atoms with Crippen LogP contribution in [0.5, 0.6) is 0 Å². The third-order valence-electron chi connectivity index (χ3n) is 6.59. The number of alkyl halides is 6. The minimum atomic E-state index is -4.88. The van der Waals surface area contributed by atoms with Gasteiger partial charge in [0.2, 0.25) is 0 Å². The van der Waals surface area contributed by atoms with E-state index < -0.39 is 29.0 Å². The van der Waals surface area contributed by atoms with Gasteiger partial charge < -0.3 is 15.4 Å². The first-order valence-corrected chi connectivity index (χ1v) is 11.0. The van der Waals surface area contributed by atoms with Crippen molar-refractivity contribution in [3.8, 4) is 0 Å². The minimum Gasteiger partial charge on any atom is -0.374 e. The van der Waals surface area contributed by atoms with Crippen molar-refractivity contribution in [1.82, 2.24) is 10.6 Å². The molecule has 3 atom stereocenters. The van der Waals surface area contributed by atoms with E-state index in [-0.39, 0.29) is 24.8 Å². The van der Waals surface area contributed by atoms with E-state index in [1.54, 1.807) is 0 Å². The van der Waals surface area contributed by atoms with Crippen molar-refractivity contribution in [1.29, 1.82) is 0 Å². The summed E-state index contributed by atoms with van der Waals surface area (Å²) in [7, 11) is 0. The Hall–Kier alpha value is -2.10. The van der Waals surface area contributed by atoms with Gasteiger partial charge in [-0.15, -0.1) is 0 Å². The summed E-state index contributed by atoms with van der Waals surface area (Å²) in [5.74, 6) is 0.411. The van der Waals surface area contributed by atoms with Crippen molar-refractivity contribution >= 4 is 0 Å². The molecule has 180 valence electrons. The molecular weight excluding hydrogens is 446 g/mol. The van der Waals surface area contributed by atoms with Crippen LogP contribution < -0.4 is 10.6 Å². The summed E-state index contributed by atoms with van der Waals surface area (Å²) in [6.45, 7) is 1.47. The highest BCUT2D eigenvalue weighted by atomic mass is 19.4. The van der Waals surface area contributed by atoms with Crippen molar-refractivity contribution in [3.05, 3.63) is 70.8 Å². The average Bonchev–Trinajstić information content (AvgIpc) is 2.78. The third-order valence-corrected chi connectivity index (χ3v) is 6.59. The second-order valence-corrected chi connectivity index (χ2v) is 8.90. The van der Waals surface area contributed by atoms with Crippen LogP contribution >= 0.6 is 0 Å². The van der Waals surface area contributed by atoms with Gasteiger partial charge in [0.05, 0.1) is 29.9 Å². The Balaban J connectivity index is 1.55. The smallest absolute Gasteiger partial charge is 0.374 e. The van der Waals surface area contributed by atoms with E-state index in [0.29, 0.717) is 18.5 Å². The molecule has 3 nitrogen and oxygen atoms in total. The fourth-order valence-electron chi connectivity index (χ4n) is 4.94. The van der Waals surface area contributed by atoms with Gasteiger partial charge in [0.25, 0.3) is 0 Å². The predicted octanol–water partition coefficient (Wildman–Crippen LogP) is 5.50. The number of ether oxygens (including phenoxy) is 1. The standard InChI is InChI=1S/C24H26F6N2O/c25-23(26,27)19-9-16(10-20(11-19)24(28,29)30)14-33-15-22(18-6-2-1-3-7-18)12-17-5-4-8-31-21(17)13-32-22/h1-3,6-7,9-11,17,21,31-32H,4-5,8,12-15H2/t17-,21+,22-/m1/s1. The topological polar surface area (TPSA) is 33.3 Å². The van der Waals surface area contributed by atoms with E-state index in [1.807, 2.05) is 30.3 Å². The number of nitrogens with one attached hydrogen (secondary N) is 2. The van der Waals surface area contributed by atoms with E-state index in [0.717, 1.165) is 43.5 Å². The highest BCUT2D eigenvalue weighted by Gasteiger charge is 2.43. The van der Waals surface area contributed by atoms with E-state index >= 15 is 0 Å². The Labute approximate surface area is 188 Å². The molecule has 0 unspecified atom stereocenters. The van der Waals surface area contributed by atoms with Crippen LogP contribution in [0.2, 0.25) is 0 Å². The van der Waals surface area contributed by atoms with Crippen LogP contribution in [0.25, 0.3) is 0 Å². The van der Waals surface area contributed by atoms with Crippen LogP contribution in [-0.2, 0) is 29.2 Å². The lowest BCUT2D eigenvalue weighted by Gasteiger charge is -2.48. The summed E-state index contributed by atoms with van der Waals surface area (Å²) in [5.41, 5.74) is -2.39. The summed E-state index contributed by atoms with van der Waals surface area (Å²) in [5, 5.41) is 7.07. The molecule has 0 spiro atoms. The number of fused-ring (bicyclic) bond motifs is 1. The SMILES string of the molecule is FC(F)(F)c1cc(COC[C@@]2(c3ccccc3)C[C@H]3CCCN[C@H]3CN2)cc(C(F)(F)F)c1. The van der Waals surface area contributed by atoms with Crippen LogP contribution in [0.4, 0.5) is 26.3 Å². The van der Waals surface area contributed by atoms with Crippen LogP contribution in [0.3, 0.4) is 0 Å². The van der Waals surface area contributed by atoms with Gasteiger partial charge in [-0.3, -0.25) is 0 Å². The Morgan fingerprint density at radius 2 is 1.61 bits per heavy atom. The second-order valence-electron chi connectivity index (χ2n) is 8.90. The number of piperidine rings is 2. The van der Waals surface area contributed by atoms with E-state index in [9.17, 15) is 26.3 Å². The molecule has 33 heavy (non-hydrogen) atoms. The molecule has 0 aromatic heterocycles. The molecule has 2 N–H and O–H groups in total. The first-order chi connectivity index (χ1) is 15.6. The lowest BCUT2D eigenvalue weighted by Crippen LogP contribution is -2.61. The number of hydrogen-bond acceptors (Lipinski definition) is 3. The maximum Gasteiger partial charge on any atom is 0.416 e. The van der Waals surface area contributed by atoms with Gasteiger partial charge >= 0.3 is 12.4 Å². The first kappa shape index (κ1) is 24.0. The Kier molecular flexibility index (Phi) is 6.75. The molecule has 0 aliphatic carbocycles. The van der Waals surface area contributed by atoms with Crippen molar-refractivity contribution < 1.29 is 31.1 Å². The zero-order valence-corrected chi connectivity index (χ0v) is 17.9. The molecule has 2 aliphatic rings. The van der Waals surface area contributed by atoms with E-state index in [1.165, 1.54) is 0 Å². The number of halogens is 6. The minimum absolute atomic E-state index is 0.133. The summed E-state index contributed by atoms with van der Waals surface area (Å²) in [6.07, 6.45) is -6.86. The molecule has 0 radical (unpaired) electrons. The first-order valence-electron chi connectivity index (χ1n) is 11.0. The number of hydrogen-bond donors (Lipinski definition) is 2. The van der Waals surface area contributed by atoms with Crippen molar-refractivity contribution in [3.63, 3.8) is 0 Å². The number of rotatable bonds is 5. The van der Waals surface area contributed by atoms with Crippen molar-refractivity contribution in [2.75, 3.05) is 19.7 Å².